The van der Waals surface area contributed by atoms with Gasteiger partial charge in [0, 0.05) is 43.5 Å². The number of hydrogen-bond donors (Lipinski definition) is 0. The number of aromatic nitrogens is 3. The lowest BCUT2D eigenvalue weighted by Crippen LogP contribution is -2.39. The molecule has 1 saturated heterocycles. The highest BCUT2D eigenvalue weighted by Gasteiger charge is 2.25. The van der Waals surface area contributed by atoms with Crippen molar-refractivity contribution < 1.29 is 9.53 Å². The Labute approximate surface area is 171 Å². The maximum Gasteiger partial charge on any atom is 0.222 e. The average Bonchev–Trinajstić information content (AvgIpc) is 3.33. The average molecular weight is 390 g/mol. The minimum atomic E-state index is 0.219. The third-order valence-corrected chi connectivity index (χ3v) is 5.50. The van der Waals surface area contributed by atoms with Crippen molar-refractivity contribution in [3.8, 4) is 11.6 Å². The minimum Gasteiger partial charge on any atom is -0.497 e. The highest BCUT2D eigenvalue weighted by atomic mass is 16.5. The van der Waals surface area contributed by atoms with Crippen molar-refractivity contribution in [1.29, 1.82) is 0 Å². The van der Waals surface area contributed by atoms with Crippen molar-refractivity contribution in [3.63, 3.8) is 0 Å². The molecule has 0 bridgehead atoms. The third-order valence-electron chi connectivity index (χ3n) is 5.50. The van der Waals surface area contributed by atoms with Crippen LogP contribution in [0.15, 0.2) is 61.2 Å². The second-order valence-electron chi connectivity index (χ2n) is 7.42. The van der Waals surface area contributed by atoms with Crippen LogP contribution in [0.4, 0.5) is 0 Å². The summed E-state index contributed by atoms with van der Waals surface area (Å²) < 4.78 is 7.10. The van der Waals surface area contributed by atoms with Crippen LogP contribution in [-0.2, 0) is 11.2 Å². The van der Waals surface area contributed by atoms with Crippen LogP contribution >= 0.6 is 0 Å². The molecular weight excluding hydrogens is 364 g/mol. The molecule has 1 fully saturated rings. The number of aryl methyl sites for hydroxylation is 1. The summed E-state index contributed by atoms with van der Waals surface area (Å²) in [5.41, 5.74) is 2.20. The van der Waals surface area contributed by atoms with Gasteiger partial charge < -0.3 is 9.64 Å². The van der Waals surface area contributed by atoms with Gasteiger partial charge in [0.15, 0.2) is 0 Å². The standard InChI is InChI=1S/C23H26N4O2/c1-29-20-10-7-18(8-11-20)9-12-23(28)26-14-3-4-19(16-26)21-5-2-6-22(25-21)27-15-13-24-17-27/h2,5-8,10-11,13,15,17,19H,3-4,9,12,14,16H2,1H3/t19-/m0/s1. The molecule has 1 aliphatic rings. The van der Waals surface area contributed by atoms with E-state index in [1.54, 1.807) is 19.6 Å². The predicted octanol–water partition coefficient (Wildman–Crippen LogP) is 3.61. The summed E-state index contributed by atoms with van der Waals surface area (Å²) >= 11 is 0. The number of methoxy groups -OCH3 is 1. The molecule has 0 saturated carbocycles. The van der Waals surface area contributed by atoms with Crippen LogP contribution in [0.3, 0.4) is 0 Å². The molecule has 0 unspecified atom stereocenters. The molecule has 29 heavy (non-hydrogen) atoms. The first-order chi connectivity index (χ1) is 14.2. The van der Waals surface area contributed by atoms with Gasteiger partial charge in [0.05, 0.1) is 7.11 Å². The smallest absolute Gasteiger partial charge is 0.222 e. The number of amides is 1. The van der Waals surface area contributed by atoms with E-state index in [1.807, 2.05) is 52.1 Å². The SMILES string of the molecule is COc1ccc(CCC(=O)N2CCC[C@H](c3cccc(-n4ccnc4)n3)C2)cc1. The van der Waals surface area contributed by atoms with E-state index in [0.717, 1.165) is 55.2 Å². The lowest BCUT2D eigenvalue weighted by atomic mass is 9.94. The number of likely N-dealkylation sites (tertiary alicyclic amines) is 1. The number of rotatable bonds is 6. The first-order valence-electron chi connectivity index (χ1n) is 10.1. The molecule has 150 valence electrons. The Morgan fingerprint density at radius 2 is 2.07 bits per heavy atom. The van der Waals surface area contributed by atoms with Gasteiger partial charge in [-0.2, -0.15) is 0 Å². The van der Waals surface area contributed by atoms with Crippen LogP contribution in [0, 0.1) is 0 Å². The summed E-state index contributed by atoms with van der Waals surface area (Å²) in [5.74, 6) is 2.20. The molecule has 6 heteroatoms. The second kappa shape index (κ2) is 8.90. The van der Waals surface area contributed by atoms with Crippen LogP contribution in [0.2, 0.25) is 0 Å². The van der Waals surface area contributed by atoms with Gasteiger partial charge in [-0.25, -0.2) is 9.97 Å². The molecule has 0 N–H and O–H groups in total. The fraction of sp³-hybridized carbons (Fsp3) is 0.348. The maximum atomic E-state index is 12.8. The van der Waals surface area contributed by atoms with Crippen LogP contribution in [-0.4, -0.2) is 45.5 Å². The van der Waals surface area contributed by atoms with Gasteiger partial charge in [0.2, 0.25) is 5.91 Å². The summed E-state index contributed by atoms with van der Waals surface area (Å²) in [6.07, 6.45) is 8.74. The minimum absolute atomic E-state index is 0.219. The van der Waals surface area contributed by atoms with Crippen molar-refractivity contribution in [2.24, 2.45) is 0 Å². The first kappa shape index (κ1) is 19.2. The number of benzene rings is 1. The zero-order chi connectivity index (χ0) is 20.1. The Morgan fingerprint density at radius 1 is 1.21 bits per heavy atom. The number of carbonyl (C=O) groups is 1. The topological polar surface area (TPSA) is 60.2 Å². The number of ether oxygens (including phenoxy) is 1. The van der Waals surface area contributed by atoms with Gasteiger partial charge in [-0.3, -0.25) is 9.36 Å². The Balaban J connectivity index is 1.37. The van der Waals surface area contributed by atoms with Gasteiger partial charge in [0.25, 0.3) is 0 Å². The quantitative estimate of drug-likeness (QED) is 0.645. The van der Waals surface area contributed by atoms with E-state index >= 15 is 0 Å². The van der Waals surface area contributed by atoms with E-state index in [9.17, 15) is 4.79 Å². The van der Waals surface area contributed by atoms with Crippen molar-refractivity contribution >= 4 is 5.91 Å². The summed E-state index contributed by atoms with van der Waals surface area (Å²) in [4.78, 5) is 23.7. The lowest BCUT2D eigenvalue weighted by Gasteiger charge is -2.32. The van der Waals surface area contributed by atoms with Crippen LogP contribution in [0.25, 0.3) is 5.82 Å². The number of carbonyl (C=O) groups excluding carboxylic acids is 1. The van der Waals surface area contributed by atoms with Gasteiger partial charge in [-0.15, -0.1) is 0 Å². The van der Waals surface area contributed by atoms with Crippen LogP contribution < -0.4 is 4.74 Å². The molecule has 1 amide bonds. The number of hydrogen-bond acceptors (Lipinski definition) is 4. The van der Waals surface area contributed by atoms with Crippen molar-refractivity contribution in [2.75, 3.05) is 20.2 Å². The Hall–Kier alpha value is -3.15. The monoisotopic (exact) mass is 390 g/mol. The zero-order valence-corrected chi connectivity index (χ0v) is 16.7. The molecule has 1 aliphatic heterocycles. The Kier molecular flexibility index (Phi) is 5.89. The third kappa shape index (κ3) is 4.65. The maximum absolute atomic E-state index is 12.8. The van der Waals surface area contributed by atoms with Crippen molar-refractivity contribution in [1.82, 2.24) is 19.4 Å². The number of pyridine rings is 1. The van der Waals surface area contributed by atoms with E-state index in [2.05, 4.69) is 11.1 Å². The second-order valence-corrected chi connectivity index (χ2v) is 7.42. The fourth-order valence-electron chi connectivity index (χ4n) is 3.85. The van der Waals surface area contributed by atoms with E-state index in [1.165, 1.54) is 0 Å². The molecule has 0 radical (unpaired) electrons. The van der Waals surface area contributed by atoms with Crippen LogP contribution in [0.1, 0.15) is 36.4 Å². The zero-order valence-electron chi connectivity index (χ0n) is 16.7. The van der Waals surface area contributed by atoms with Gasteiger partial charge in [-0.05, 0) is 49.1 Å². The number of imidazole rings is 1. The van der Waals surface area contributed by atoms with Crippen molar-refractivity contribution in [3.05, 3.63) is 72.4 Å². The van der Waals surface area contributed by atoms with Crippen molar-refractivity contribution in [2.45, 2.75) is 31.6 Å². The van der Waals surface area contributed by atoms with Gasteiger partial charge >= 0.3 is 0 Å². The molecule has 1 atom stereocenters. The molecule has 0 aliphatic carbocycles. The fourth-order valence-corrected chi connectivity index (χ4v) is 3.85. The van der Waals surface area contributed by atoms with Gasteiger partial charge in [-0.1, -0.05) is 18.2 Å². The first-order valence-corrected chi connectivity index (χ1v) is 10.1. The molecule has 3 aromatic rings. The molecule has 0 spiro atoms. The molecule has 4 rings (SSSR count). The molecular formula is C23H26N4O2. The Morgan fingerprint density at radius 3 is 2.83 bits per heavy atom. The normalized spacial score (nSPS) is 16.6. The van der Waals surface area contributed by atoms with Gasteiger partial charge in [0.1, 0.15) is 17.9 Å². The molecule has 2 aromatic heterocycles. The predicted molar refractivity (Wildman–Crippen MR) is 111 cm³/mol. The number of nitrogens with zero attached hydrogens (tertiary/aromatic N) is 4. The largest absolute Gasteiger partial charge is 0.497 e. The molecule has 3 heterocycles. The summed E-state index contributed by atoms with van der Waals surface area (Å²) in [6, 6.07) is 14.0. The highest BCUT2D eigenvalue weighted by Crippen LogP contribution is 2.27. The lowest BCUT2D eigenvalue weighted by molar-refractivity contribution is -0.132. The molecule has 1 aromatic carbocycles. The molecule has 6 nitrogen and oxygen atoms in total. The van der Waals surface area contributed by atoms with E-state index < -0.39 is 0 Å². The Bertz CT molecular complexity index is 938. The van der Waals surface area contributed by atoms with E-state index in [4.69, 9.17) is 9.72 Å². The highest BCUT2D eigenvalue weighted by molar-refractivity contribution is 5.76. The number of piperidine rings is 1. The summed E-state index contributed by atoms with van der Waals surface area (Å²) in [5, 5.41) is 0. The summed E-state index contributed by atoms with van der Waals surface area (Å²) in [7, 11) is 1.66. The summed E-state index contributed by atoms with van der Waals surface area (Å²) in [6.45, 7) is 1.57. The van der Waals surface area contributed by atoms with E-state index in [0.29, 0.717) is 6.42 Å². The van der Waals surface area contributed by atoms with Crippen LogP contribution in [0.5, 0.6) is 5.75 Å². The van der Waals surface area contributed by atoms with E-state index in [-0.39, 0.29) is 11.8 Å².